The van der Waals surface area contributed by atoms with E-state index < -0.39 is 0 Å². The van der Waals surface area contributed by atoms with Crippen LogP contribution in [0.2, 0.25) is 0 Å². The fraction of sp³-hybridized carbons (Fsp3) is 0.250. The summed E-state index contributed by atoms with van der Waals surface area (Å²) in [6, 6.07) is 9.89. The van der Waals surface area contributed by atoms with E-state index in [1.165, 1.54) is 16.4 Å². The maximum absolute atomic E-state index is 12.4. The third-order valence-electron chi connectivity index (χ3n) is 2.92. The molecule has 0 bridgehead atoms. The Morgan fingerprint density at radius 1 is 1.23 bits per heavy atom. The van der Waals surface area contributed by atoms with Gasteiger partial charge in [0, 0.05) is 12.1 Å². The van der Waals surface area contributed by atoms with Gasteiger partial charge in [-0.1, -0.05) is 62.0 Å². The highest BCUT2D eigenvalue weighted by atomic mass is 32.2. The first-order valence-corrected chi connectivity index (χ1v) is 8.15. The SMILES string of the molecule is CSc1nnc(C(C)C)c(=O)n1N=CC=Cc1ccccc1. The molecule has 0 atom stereocenters. The highest BCUT2D eigenvalue weighted by molar-refractivity contribution is 7.98. The Kier molecular flexibility index (Phi) is 5.66. The number of rotatable bonds is 5. The highest BCUT2D eigenvalue weighted by Gasteiger charge is 2.13. The zero-order chi connectivity index (χ0) is 15.9. The molecule has 0 aliphatic heterocycles. The van der Waals surface area contributed by atoms with Crippen LogP contribution in [0.15, 0.2) is 51.5 Å². The van der Waals surface area contributed by atoms with Gasteiger partial charge in [-0.3, -0.25) is 4.79 Å². The van der Waals surface area contributed by atoms with Crippen molar-refractivity contribution in [2.24, 2.45) is 5.10 Å². The number of benzene rings is 1. The maximum atomic E-state index is 12.4. The van der Waals surface area contributed by atoms with Crippen LogP contribution in [0, 0.1) is 0 Å². The minimum absolute atomic E-state index is 0.0113. The van der Waals surface area contributed by atoms with Crippen molar-refractivity contribution in [3.63, 3.8) is 0 Å². The molecule has 0 saturated carbocycles. The van der Waals surface area contributed by atoms with Crippen molar-refractivity contribution >= 4 is 24.1 Å². The zero-order valence-electron chi connectivity index (χ0n) is 12.8. The summed E-state index contributed by atoms with van der Waals surface area (Å²) in [5.41, 5.74) is 1.27. The topological polar surface area (TPSA) is 60.1 Å². The van der Waals surface area contributed by atoms with Crippen LogP contribution in [0.4, 0.5) is 0 Å². The molecule has 114 valence electrons. The molecule has 2 rings (SSSR count). The van der Waals surface area contributed by atoms with Gasteiger partial charge >= 0.3 is 0 Å². The van der Waals surface area contributed by atoms with E-state index in [0.29, 0.717) is 10.9 Å². The Morgan fingerprint density at radius 3 is 2.59 bits per heavy atom. The minimum atomic E-state index is -0.223. The molecule has 1 aromatic carbocycles. The molecular formula is C16H18N4OS. The first-order valence-electron chi connectivity index (χ1n) is 6.93. The van der Waals surface area contributed by atoms with Gasteiger partial charge in [-0.2, -0.15) is 9.78 Å². The Morgan fingerprint density at radius 2 is 1.95 bits per heavy atom. The van der Waals surface area contributed by atoms with E-state index in [-0.39, 0.29) is 11.5 Å². The van der Waals surface area contributed by atoms with Gasteiger partial charge in [-0.25, -0.2) is 0 Å². The van der Waals surface area contributed by atoms with Crippen LogP contribution in [0.5, 0.6) is 0 Å². The van der Waals surface area contributed by atoms with Gasteiger partial charge < -0.3 is 0 Å². The van der Waals surface area contributed by atoms with Crippen molar-refractivity contribution in [3.05, 3.63) is 58.0 Å². The largest absolute Gasteiger partial charge is 0.297 e. The second-order valence-corrected chi connectivity index (χ2v) is 5.65. The lowest BCUT2D eigenvalue weighted by molar-refractivity contribution is 0.605. The lowest BCUT2D eigenvalue weighted by atomic mass is 10.1. The summed E-state index contributed by atoms with van der Waals surface area (Å²) in [7, 11) is 0. The number of thioether (sulfide) groups is 1. The first-order chi connectivity index (χ1) is 10.6. The fourth-order valence-electron chi connectivity index (χ4n) is 1.79. The molecule has 6 heteroatoms. The molecule has 1 heterocycles. The van der Waals surface area contributed by atoms with Gasteiger partial charge in [-0.15, -0.1) is 10.2 Å². The molecule has 2 aromatic rings. The minimum Gasteiger partial charge on any atom is -0.265 e. The second kappa shape index (κ2) is 7.70. The average molecular weight is 314 g/mol. The molecule has 0 unspecified atom stereocenters. The molecule has 5 nitrogen and oxygen atoms in total. The summed E-state index contributed by atoms with van der Waals surface area (Å²) in [5, 5.41) is 12.7. The van der Waals surface area contributed by atoms with E-state index in [1.54, 1.807) is 12.3 Å². The Hall–Kier alpha value is -2.21. The Balaban J connectivity index is 2.28. The van der Waals surface area contributed by atoms with E-state index in [9.17, 15) is 4.79 Å². The lowest BCUT2D eigenvalue weighted by Crippen LogP contribution is -2.26. The van der Waals surface area contributed by atoms with Crippen LogP contribution < -0.4 is 5.56 Å². The molecule has 22 heavy (non-hydrogen) atoms. The summed E-state index contributed by atoms with van der Waals surface area (Å²) < 4.78 is 1.29. The van der Waals surface area contributed by atoms with Crippen LogP contribution in [0.3, 0.4) is 0 Å². The van der Waals surface area contributed by atoms with Crippen molar-refractivity contribution < 1.29 is 0 Å². The summed E-state index contributed by atoms with van der Waals surface area (Å²) in [6.45, 7) is 3.82. The molecule has 0 radical (unpaired) electrons. The van der Waals surface area contributed by atoms with E-state index in [1.807, 2.05) is 56.5 Å². The Labute approximate surface area is 133 Å². The average Bonchev–Trinajstić information content (AvgIpc) is 2.53. The fourth-order valence-corrected chi connectivity index (χ4v) is 2.22. The Bertz CT molecular complexity index is 736. The summed E-state index contributed by atoms with van der Waals surface area (Å²) in [6.07, 6.45) is 7.14. The molecule has 0 fully saturated rings. The van der Waals surface area contributed by atoms with Gasteiger partial charge in [0.15, 0.2) is 0 Å². The predicted molar refractivity (Wildman–Crippen MR) is 91.5 cm³/mol. The van der Waals surface area contributed by atoms with Crippen molar-refractivity contribution in [1.29, 1.82) is 0 Å². The van der Waals surface area contributed by atoms with Crippen molar-refractivity contribution in [1.82, 2.24) is 14.9 Å². The molecule has 0 spiro atoms. The molecule has 0 amide bonds. The number of aromatic nitrogens is 3. The summed E-state index contributed by atoms with van der Waals surface area (Å²) in [5.74, 6) is 0.0113. The predicted octanol–water partition coefficient (Wildman–Crippen LogP) is 3.03. The van der Waals surface area contributed by atoms with Crippen molar-refractivity contribution in [3.8, 4) is 0 Å². The second-order valence-electron chi connectivity index (χ2n) is 4.88. The molecule has 0 saturated heterocycles. The zero-order valence-corrected chi connectivity index (χ0v) is 13.6. The van der Waals surface area contributed by atoms with Crippen LogP contribution >= 0.6 is 11.8 Å². The molecule has 1 aromatic heterocycles. The lowest BCUT2D eigenvalue weighted by Gasteiger charge is -2.07. The van der Waals surface area contributed by atoms with E-state index in [0.717, 1.165) is 5.56 Å². The molecule has 0 aliphatic carbocycles. The van der Waals surface area contributed by atoms with Gasteiger partial charge in [0.25, 0.3) is 5.56 Å². The number of hydrogen-bond acceptors (Lipinski definition) is 5. The van der Waals surface area contributed by atoms with E-state index in [4.69, 9.17) is 0 Å². The number of allylic oxidation sites excluding steroid dienone is 1. The standard InChI is InChI=1S/C16H18N4OS/c1-12(2)14-15(21)20(16(22-3)19-18-14)17-11-7-10-13-8-5-4-6-9-13/h4-12H,1-3H3. The third kappa shape index (κ3) is 3.92. The van der Waals surface area contributed by atoms with E-state index in [2.05, 4.69) is 15.3 Å². The van der Waals surface area contributed by atoms with Gasteiger partial charge in [-0.05, 0) is 17.9 Å². The first kappa shape index (κ1) is 16.2. The molecule has 0 aliphatic rings. The third-order valence-corrected chi connectivity index (χ3v) is 3.54. The smallest absolute Gasteiger partial charge is 0.265 e. The molecule has 0 N–H and O–H groups in total. The quantitative estimate of drug-likeness (QED) is 0.629. The monoisotopic (exact) mass is 314 g/mol. The highest BCUT2D eigenvalue weighted by Crippen LogP contribution is 2.11. The normalized spacial score (nSPS) is 11.8. The molecular weight excluding hydrogens is 296 g/mol. The van der Waals surface area contributed by atoms with Crippen molar-refractivity contribution in [2.45, 2.75) is 24.9 Å². The van der Waals surface area contributed by atoms with Crippen LogP contribution in [-0.2, 0) is 0 Å². The summed E-state index contributed by atoms with van der Waals surface area (Å²) >= 11 is 1.34. The van der Waals surface area contributed by atoms with Gasteiger partial charge in [0.05, 0.1) is 0 Å². The van der Waals surface area contributed by atoms with Gasteiger partial charge in [0.1, 0.15) is 5.69 Å². The van der Waals surface area contributed by atoms with Crippen LogP contribution in [-0.4, -0.2) is 27.3 Å². The maximum Gasteiger partial charge on any atom is 0.297 e. The van der Waals surface area contributed by atoms with E-state index >= 15 is 0 Å². The van der Waals surface area contributed by atoms with Crippen molar-refractivity contribution in [2.75, 3.05) is 6.26 Å². The van der Waals surface area contributed by atoms with Gasteiger partial charge in [0.2, 0.25) is 5.16 Å². The number of hydrogen-bond donors (Lipinski definition) is 0. The number of nitrogens with zero attached hydrogens (tertiary/aromatic N) is 4. The van der Waals surface area contributed by atoms with Crippen LogP contribution in [0.25, 0.3) is 6.08 Å². The summed E-state index contributed by atoms with van der Waals surface area (Å²) in [4.78, 5) is 12.4. The van der Waals surface area contributed by atoms with Crippen LogP contribution in [0.1, 0.15) is 31.0 Å².